The second kappa shape index (κ2) is 6.46. The molecular formula is C21H29NO2Ti. The zero-order valence-electron chi connectivity index (χ0n) is 16.4. The third-order valence-corrected chi connectivity index (χ3v) is 9.74. The van der Waals surface area contributed by atoms with E-state index >= 15 is 0 Å². The van der Waals surface area contributed by atoms with Crippen molar-refractivity contribution >= 4 is 3.87 Å². The molecule has 0 heterocycles. The van der Waals surface area contributed by atoms with Crippen LogP contribution in [0.25, 0.3) is 11.1 Å². The molecule has 0 aliphatic heterocycles. The molecule has 1 aliphatic carbocycles. The molecule has 1 N–H and O–H groups in total. The van der Waals surface area contributed by atoms with Gasteiger partial charge in [0.05, 0.1) is 0 Å². The molecule has 0 saturated heterocycles. The van der Waals surface area contributed by atoms with Crippen LogP contribution in [0.1, 0.15) is 31.9 Å². The summed E-state index contributed by atoms with van der Waals surface area (Å²) in [6.45, 7) is 6.75. The molecule has 0 unspecified atom stereocenters. The Kier molecular flexibility index (Phi) is 4.78. The first kappa shape index (κ1) is 18.5. The monoisotopic (exact) mass is 375 g/mol. The summed E-state index contributed by atoms with van der Waals surface area (Å²) in [5, 5.41) is 4.87. The number of benzene rings is 2. The van der Waals surface area contributed by atoms with Gasteiger partial charge >= 0.3 is 155 Å². The van der Waals surface area contributed by atoms with Crippen LogP contribution in [0.2, 0.25) is 10.5 Å². The first-order valence-electron chi connectivity index (χ1n) is 8.82. The minimum atomic E-state index is -2.43. The predicted molar refractivity (Wildman–Crippen MR) is 102 cm³/mol. The predicted octanol–water partition coefficient (Wildman–Crippen LogP) is 4.45. The van der Waals surface area contributed by atoms with Gasteiger partial charge in [-0.1, -0.05) is 0 Å². The van der Waals surface area contributed by atoms with Crippen LogP contribution in [-0.2, 0) is 23.3 Å². The normalized spacial score (nSPS) is 13.4. The standard InChI is InChI=1S/C15H13O2.C4H10N.2CH3.Ti/c1-16-12-5-3-10-7-11-4-6-13(17-2)9-15(11)14(10)8-12;1-4(2,3)5;;;/h3,5-6,8-9H,7H2,1-2H3;5H,1-3H3;2*1H3;/q;-1;;;+1. The van der Waals surface area contributed by atoms with E-state index in [4.69, 9.17) is 9.47 Å². The van der Waals surface area contributed by atoms with Gasteiger partial charge in [-0.15, -0.1) is 0 Å². The number of nitrogens with one attached hydrogen (secondary N) is 1. The molecule has 0 amide bonds. The Morgan fingerprint density at radius 3 is 2.16 bits per heavy atom. The van der Waals surface area contributed by atoms with E-state index in [-0.39, 0.29) is 5.54 Å². The Bertz CT molecular complexity index is 806. The molecule has 0 atom stereocenters. The molecule has 2 aromatic carbocycles. The Hall–Kier alpha value is -1.29. The van der Waals surface area contributed by atoms with Crippen molar-refractivity contribution in [3.63, 3.8) is 0 Å². The van der Waals surface area contributed by atoms with E-state index < -0.39 is 16.8 Å². The number of methoxy groups -OCH3 is 2. The number of hydrogen-bond acceptors (Lipinski definition) is 3. The molecule has 3 rings (SSSR count). The van der Waals surface area contributed by atoms with Gasteiger partial charge in [0.25, 0.3) is 0 Å². The summed E-state index contributed by atoms with van der Waals surface area (Å²) in [5.74, 6) is 1.85. The van der Waals surface area contributed by atoms with E-state index in [0.29, 0.717) is 0 Å². The molecule has 0 spiro atoms. The van der Waals surface area contributed by atoms with E-state index in [9.17, 15) is 0 Å². The van der Waals surface area contributed by atoms with Crippen molar-refractivity contribution in [2.45, 2.75) is 43.2 Å². The van der Waals surface area contributed by atoms with Crippen molar-refractivity contribution in [3.05, 3.63) is 41.5 Å². The van der Waals surface area contributed by atoms with Crippen molar-refractivity contribution in [3.8, 4) is 22.6 Å². The second-order valence-electron chi connectivity index (χ2n) is 8.40. The fraction of sp³-hybridized carbons (Fsp3) is 0.429. The molecule has 0 radical (unpaired) electrons. The maximum atomic E-state index is 5.65. The van der Waals surface area contributed by atoms with Gasteiger partial charge in [-0.05, 0) is 0 Å². The number of fused-ring (bicyclic) bond motifs is 3. The Morgan fingerprint density at radius 2 is 1.56 bits per heavy atom. The molecule has 0 fully saturated rings. The van der Waals surface area contributed by atoms with Crippen molar-refractivity contribution < 1.29 is 26.3 Å². The van der Waals surface area contributed by atoms with Gasteiger partial charge in [0, 0.05) is 0 Å². The van der Waals surface area contributed by atoms with Crippen LogP contribution in [0.3, 0.4) is 0 Å². The van der Waals surface area contributed by atoms with Gasteiger partial charge in [-0.3, -0.25) is 0 Å². The topological polar surface area (TPSA) is 30.5 Å². The molecule has 1 aliphatic rings. The molecule has 134 valence electrons. The third kappa shape index (κ3) is 3.64. The molecular weight excluding hydrogens is 346 g/mol. The summed E-state index contributed by atoms with van der Waals surface area (Å²) in [6.07, 6.45) is 0.995. The van der Waals surface area contributed by atoms with E-state index in [1.807, 2.05) is 0 Å². The molecule has 25 heavy (non-hydrogen) atoms. The molecule has 2 aromatic rings. The van der Waals surface area contributed by atoms with Gasteiger partial charge in [0.15, 0.2) is 0 Å². The Balaban J connectivity index is 2.17. The summed E-state index contributed by atoms with van der Waals surface area (Å²) in [6, 6.07) is 10.9. The van der Waals surface area contributed by atoms with E-state index in [1.54, 1.807) is 14.2 Å². The van der Waals surface area contributed by atoms with Crippen LogP contribution in [0.5, 0.6) is 11.5 Å². The Labute approximate surface area is 155 Å². The third-order valence-electron chi connectivity index (χ3n) is 4.79. The quantitative estimate of drug-likeness (QED) is 0.684. The van der Waals surface area contributed by atoms with Crippen molar-refractivity contribution in [1.82, 2.24) is 3.80 Å². The van der Waals surface area contributed by atoms with Crippen LogP contribution in [-0.4, -0.2) is 19.8 Å². The average Bonchev–Trinajstić information content (AvgIpc) is 2.88. The zero-order chi connectivity index (χ0) is 18.4. The van der Waals surface area contributed by atoms with Crippen LogP contribution >= 0.6 is 0 Å². The van der Waals surface area contributed by atoms with Crippen LogP contribution in [0.4, 0.5) is 0 Å². The number of hydrogen-bond donors (Lipinski definition) is 1. The molecule has 3 nitrogen and oxygen atoms in total. The summed E-state index contributed by atoms with van der Waals surface area (Å²) in [5.41, 5.74) is 5.53. The summed E-state index contributed by atoms with van der Waals surface area (Å²) < 4.78 is 16.5. The summed E-state index contributed by atoms with van der Waals surface area (Å²) in [4.78, 5) is 0. The van der Waals surface area contributed by atoms with E-state index in [1.165, 1.54) is 26.1 Å². The van der Waals surface area contributed by atoms with Gasteiger partial charge in [-0.25, -0.2) is 0 Å². The minimum absolute atomic E-state index is 0.105. The van der Waals surface area contributed by atoms with Crippen molar-refractivity contribution in [2.75, 3.05) is 14.2 Å². The average molecular weight is 375 g/mol. The first-order valence-corrected chi connectivity index (χ1v) is 13.5. The van der Waals surface area contributed by atoms with Gasteiger partial charge in [0.2, 0.25) is 0 Å². The fourth-order valence-electron chi connectivity index (χ4n) is 4.03. The maximum absolute atomic E-state index is 5.65. The van der Waals surface area contributed by atoms with Crippen LogP contribution in [0.15, 0.2) is 30.3 Å². The zero-order valence-corrected chi connectivity index (χ0v) is 18.0. The van der Waals surface area contributed by atoms with Crippen LogP contribution in [0, 0.1) is 0 Å². The van der Waals surface area contributed by atoms with Crippen LogP contribution < -0.4 is 17.1 Å². The number of rotatable bonds is 4. The first-order chi connectivity index (χ1) is 11.6. The summed E-state index contributed by atoms with van der Waals surface area (Å²) in [7, 11) is 3.48. The molecule has 0 bridgehead atoms. The SMILES string of the molecule is COc1ccc2c(c1)-c1cc(OC)c[c]([Ti]([CH3])([CH3])[NH]C(C)(C)C)c1C2. The van der Waals surface area contributed by atoms with Gasteiger partial charge in [0.1, 0.15) is 0 Å². The fourth-order valence-corrected chi connectivity index (χ4v) is 9.48. The van der Waals surface area contributed by atoms with E-state index in [0.717, 1.165) is 17.9 Å². The molecule has 4 heteroatoms. The number of ether oxygens (including phenoxy) is 2. The molecule has 0 saturated carbocycles. The van der Waals surface area contributed by atoms with Crippen molar-refractivity contribution in [2.24, 2.45) is 0 Å². The molecule has 0 aromatic heterocycles. The van der Waals surface area contributed by atoms with E-state index in [2.05, 4.69) is 65.4 Å². The summed E-state index contributed by atoms with van der Waals surface area (Å²) >= 11 is -2.43. The Morgan fingerprint density at radius 1 is 0.920 bits per heavy atom. The van der Waals surface area contributed by atoms with Gasteiger partial charge < -0.3 is 0 Å². The van der Waals surface area contributed by atoms with Crippen molar-refractivity contribution in [1.29, 1.82) is 0 Å². The second-order valence-corrected chi connectivity index (χ2v) is 14.7. The van der Waals surface area contributed by atoms with Gasteiger partial charge in [-0.2, -0.15) is 0 Å².